The third-order valence-electron chi connectivity index (χ3n) is 2.63. The highest BCUT2D eigenvalue weighted by atomic mass is 79.9. The average molecular weight is 390 g/mol. The number of nitrogens with one attached hydrogen (secondary N) is 1. The molecule has 0 aliphatic carbocycles. The second-order valence-corrected chi connectivity index (χ2v) is 6.96. The first kappa shape index (κ1) is 17.6. The lowest BCUT2D eigenvalue weighted by Gasteiger charge is -2.17. The smallest absolute Gasteiger partial charge is 0.243 e. The Morgan fingerprint density at radius 1 is 1.60 bits per heavy atom. The van der Waals surface area contributed by atoms with E-state index in [9.17, 15) is 12.8 Å². The quantitative estimate of drug-likeness (QED) is 0.578. The molecule has 0 saturated heterocycles. The van der Waals surface area contributed by atoms with Gasteiger partial charge < -0.3 is 10.5 Å². The first-order valence-electron chi connectivity index (χ1n) is 5.68. The molecule has 9 heteroatoms. The maximum atomic E-state index is 14.0. The summed E-state index contributed by atoms with van der Waals surface area (Å²) < 4.78 is 45.7. The lowest BCUT2D eigenvalue weighted by Crippen LogP contribution is -2.37. The summed E-state index contributed by atoms with van der Waals surface area (Å²) in [6.45, 7) is 1.96. The molecule has 1 atom stereocenters. The van der Waals surface area contributed by atoms with Crippen LogP contribution in [0.1, 0.15) is 13.3 Å². The molecule has 0 bridgehead atoms. The van der Waals surface area contributed by atoms with Crippen LogP contribution in [0.3, 0.4) is 0 Å². The fourth-order valence-corrected chi connectivity index (χ4v) is 3.50. The molecule has 0 fully saturated rings. The summed E-state index contributed by atoms with van der Waals surface area (Å²) in [6.07, 6.45) is 0.494. The van der Waals surface area contributed by atoms with Gasteiger partial charge in [-0.3, -0.25) is 0 Å². The van der Waals surface area contributed by atoms with Crippen molar-refractivity contribution in [3.05, 3.63) is 21.4 Å². The van der Waals surface area contributed by atoms with E-state index in [-0.39, 0.29) is 21.8 Å². The SMILES string of the molecule is CCC(COC)NS(=O)(=O)c1cc(Cl)c(Br)c(N)c1F. The molecule has 0 saturated carbocycles. The summed E-state index contributed by atoms with van der Waals surface area (Å²) in [6, 6.07) is 0.548. The maximum Gasteiger partial charge on any atom is 0.243 e. The van der Waals surface area contributed by atoms with Crippen LogP contribution in [0.4, 0.5) is 10.1 Å². The standard InChI is InChI=1S/C11H15BrClFN2O3S/c1-3-6(5-19-2)16-20(17,18)8-4-7(13)9(12)11(15)10(8)14/h4,6,16H,3,5,15H2,1-2H3. The topological polar surface area (TPSA) is 81.4 Å². The van der Waals surface area contributed by atoms with Crippen molar-refractivity contribution in [3.63, 3.8) is 0 Å². The molecule has 20 heavy (non-hydrogen) atoms. The molecule has 1 unspecified atom stereocenters. The van der Waals surface area contributed by atoms with Crippen LogP contribution in [0.2, 0.25) is 5.02 Å². The zero-order valence-corrected chi connectivity index (χ0v) is 14.1. The number of nitrogen functional groups attached to an aromatic ring is 1. The van der Waals surface area contributed by atoms with E-state index in [4.69, 9.17) is 22.1 Å². The number of nitrogens with two attached hydrogens (primary N) is 1. The summed E-state index contributed by atoms with van der Waals surface area (Å²) in [5, 5.41) is 0.0177. The van der Waals surface area contributed by atoms with Gasteiger partial charge in [0.2, 0.25) is 10.0 Å². The molecule has 0 radical (unpaired) electrons. The molecule has 1 rings (SSSR count). The zero-order valence-electron chi connectivity index (χ0n) is 10.9. The van der Waals surface area contributed by atoms with Gasteiger partial charge in [-0.2, -0.15) is 0 Å². The highest BCUT2D eigenvalue weighted by Crippen LogP contribution is 2.34. The summed E-state index contributed by atoms with van der Waals surface area (Å²) in [7, 11) is -2.63. The van der Waals surface area contributed by atoms with Crippen LogP contribution in [0, 0.1) is 5.82 Å². The number of rotatable bonds is 6. The molecule has 3 N–H and O–H groups in total. The average Bonchev–Trinajstić information content (AvgIpc) is 2.39. The fraction of sp³-hybridized carbons (Fsp3) is 0.455. The zero-order chi connectivity index (χ0) is 15.5. The Bertz CT molecular complexity index is 598. The number of halogens is 3. The van der Waals surface area contributed by atoms with E-state index in [1.54, 1.807) is 6.92 Å². The molecule has 1 aromatic carbocycles. The van der Waals surface area contributed by atoms with Gasteiger partial charge in [0.15, 0.2) is 5.82 Å². The van der Waals surface area contributed by atoms with Gasteiger partial charge >= 0.3 is 0 Å². The predicted octanol–water partition coefficient (Wildman–Crippen LogP) is 2.53. The van der Waals surface area contributed by atoms with Crippen molar-refractivity contribution in [1.29, 1.82) is 0 Å². The molecule has 1 aromatic rings. The van der Waals surface area contributed by atoms with Crippen LogP contribution in [0.25, 0.3) is 0 Å². The van der Waals surface area contributed by atoms with Gasteiger partial charge in [0, 0.05) is 13.2 Å². The first-order chi connectivity index (χ1) is 9.24. The van der Waals surface area contributed by atoms with Crippen molar-refractivity contribution in [3.8, 4) is 0 Å². The van der Waals surface area contributed by atoms with E-state index in [2.05, 4.69) is 20.7 Å². The minimum absolute atomic E-state index is 0.0177. The Labute approximate surface area is 130 Å². The van der Waals surface area contributed by atoms with Gasteiger partial charge in [-0.15, -0.1) is 0 Å². The van der Waals surface area contributed by atoms with E-state index in [1.165, 1.54) is 7.11 Å². The maximum absolute atomic E-state index is 14.0. The second-order valence-electron chi connectivity index (χ2n) is 4.08. The molecular formula is C11H15BrClFN2O3S. The van der Waals surface area contributed by atoms with Gasteiger partial charge in [0.25, 0.3) is 0 Å². The van der Waals surface area contributed by atoms with Crippen molar-refractivity contribution >= 4 is 43.2 Å². The highest BCUT2D eigenvalue weighted by molar-refractivity contribution is 9.10. The van der Waals surface area contributed by atoms with E-state index in [1.807, 2.05) is 0 Å². The van der Waals surface area contributed by atoms with Gasteiger partial charge in [-0.1, -0.05) is 18.5 Å². The van der Waals surface area contributed by atoms with Crippen LogP contribution in [-0.4, -0.2) is 28.2 Å². The van der Waals surface area contributed by atoms with E-state index in [0.717, 1.165) is 6.07 Å². The Morgan fingerprint density at radius 3 is 2.70 bits per heavy atom. The Kier molecular flexibility index (Phi) is 6.21. The van der Waals surface area contributed by atoms with Gasteiger partial charge in [-0.25, -0.2) is 17.5 Å². The molecule has 0 spiro atoms. The molecule has 114 valence electrons. The Hall–Kier alpha value is -0.410. The van der Waals surface area contributed by atoms with Crippen molar-refractivity contribution in [2.75, 3.05) is 19.5 Å². The lowest BCUT2D eigenvalue weighted by molar-refractivity contribution is 0.173. The Balaban J connectivity index is 3.23. The van der Waals surface area contributed by atoms with Crippen LogP contribution in [-0.2, 0) is 14.8 Å². The van der Waals surface area contributed by atoms with Crippen molar-refractivity contribution in [1.82, 2.24) is 4.72 Å². The van der Waals surface area contributed by atoms with E-state index >= 15 is 0 Å². The van der Waals surface area contributed by atoms with Gasteiger partial charge in [0.05, 0.1) is 21.8 Å². The normalized spacial score (nSPS) is 13.4. The number of anilines is 1. The third kappa shape index (κ3) is 3.82. The summed E-state index contributed by atoms with van der Waals surface area (Å²) in [5.41, 5.74) is 5.13. The largest absolute Gasteiger partial charge is 0.395 e. The number of ether oxygens (including phenoxy) is 1. The summed E-state index contributed by atoms with van der Waals surface area (Å²) in [4.78, 5) is -0.585. The van der Waals surface area contributed by atoms with E-state index in [0.29, 0.717) is 6.42 Å². The van der Waals surface area contributed by atoms with Crippen LogP contribution in [0.15, 0.2) is 15.4 Å². The van der Waals surface area contributed by atoms with Gasteiger partial charge in [-0.05, 0) is 28.4 Å². The number of sulfonamides is 1. The number of hydrogen-bond donors (Lipinski definition) is 2. The third-order valence-corrected chi connectivity index (χ3v) is 5.53. The van der Waals surface area contributed by atoms with Crippen LogP contribution in [0.5, 0.6) is 0 Å². The van der Waals surface area contributed by atoms with Crippen molar-refractivity contribution in [2.24, 2.45) is 0 Å². The monoisotopic (exact) mass is 388 g/mol. The Morgan fingerprint density at radius 2 is 2.20 bits per heavy atom. The second kappa shape index (κ2) is 7.04. The van der Waals surface area contributed by atoms with Crippen molar-refractivity contribution in [2.45, 2.75) is 24.3 Å². The molecule has 0 heterocycles. The fourth-order valence-electron chi connectivity index (χ4n) is 1.51. The number of methoxy groups -OCH3 is 1. The van der Waals surface area contributed by atoms with Crippen molar-refractivity contribution < 1.29 is 17.5 Å². The molecule has 0 amide bonds. The van der Waals surface area contributed by atoms with Crippen LogP contribution >= 0.6 is 27.5 Å². The van der Waals surface area contributed by atoms with Crippen LogP contribution < -0.4 is 10.5 Å². The number of hydrogen-bond acceptors (Lipinski definition) is 4. The summed E-state index contributed by atoms with van der Waals surface area (Å²) in [5.74, 6) is -1.04. The highest BCUT2D eigenvalue weighted by Gasteiger charge is 2.26. The number of benzene rings is 1. The first-order valence-corrected chi connectivity index (χ1v) is 8.34. The molecule has 0 aromatic heterocycles. The van der Waals surface area contributed by atoms with Gasteiger partial charge in [0.1, 0.15) is 4.90 Å². The van der Waals surface area contributed by atoms with E-state index < -0.39 is 26.8 Å². The molecule has 0 aliphatic rings. The molecular weight excluding hydrogens is 375 g/mol. The minimum Gasteiger partial charge on any atom is -0.395 e. The summed E-state index contributed by atoms with van der Waals surface area (Å²) >= 11 is 8.81. The minimum atomic E-state index is -4.08. The lowest BCUT2D eigenvalue weighted by atomic mass is 10.3. The molecule has 0 aliphatic heterocycles. The predicted molar refractivity (Wildman–Crippen MR) is 79.8 cm³/mol. The molecule has 5 nitrogen and oxygen atoms in total.